The Morgan fingerprint density at radius 1 is 1.35 bits per heavy atom. The summed E-state index contributed by atoms with van der Waals surface area (Å²) in [6, 6.07) is 9.56. The molecule has 0 aliphatic carbocycles. The van der Waals surface area contributed by atoms with Gasteiger partial charge in [-0.3, -0.25) is 4.68 Å². The number of aromatic nitrogens is 2. The summed E-state index contributed by atoms with van der Waals surface area (Å²) < 4.78 is 8.05. The molecular weight excluding hydrogens is 284 g/mol. The number of hydrogen-bond donors (Lipinski definition) is 1. The van der Waals surface area contributed by atoms with Crippen molar-refractivity contribution in [1.82, 2.24) is 9.78 Å². The molecule has 0 aliphatic rings. The van der Waals surface area contributed by atoms with Gasteiger partial charge in [0.2, 0.25) is 0 Å². The van der Waals surface area contributed by atoms with Gasteiger partial charge in [0.25, 0.3) is 0 Å². The summed E-state index contributed by atoms with van der Waals surface area (Å²) in [5.74, 6) is 0.801. The van der Waals surface area contributed by atoms with Gasteiger partial charge in [-0.25, -0.2) is 0 Å². The predicted molar refractivity (Wildman–Crippen MR) is 67.6 cm³/mol. The summed E-state index contributed by atoms with van der Waals surface area (Å²) in [5, 5.41) is 13.4. The maximum atomic E-state index is 9.17. The topological polar surface area (TPSA) is 47.3 Å². The van der Waals surface area contributed by atoms with E-state index < -0.39 is 0 Å². The van der Waals surface area contributed by atoms with E-state index in [0.29, 0.717) is 6.61 Å². The fourth-order valence-electron chi connectivity index (χ4n) is 1.53. The lowest BCUT2D eigenvalue weighted by Crippen LogP contribution is -1.99. The molecular formula is C12H13BrN2O2. The third-order valence-electron chi connectivity index (χ3n) is 2.44. The van der Waals surface area contributed by atoms with Gasteiger partial charge in [-0.2, -0.15) is 5.10 Å². The fraction of sp³-hybridized carbons (Fsp3) is 0.250. The fourth-order valence-corrected chi connectivity index (χ4v) is 2.10. The second-order valence-corrected chi connectivity index (χ2v) is 4.38. The van der Waals surface area contributed by atoms with Crippen LogP contribution in [0.15, 0.2) is 34.8 Å². The normalized spacial score (nSPS) is 10.5. The van der Waals surface area contributed by atoms with E-state index in [1.807, 2.05) is 30.3 Å². The van der Waals surface area contributed by atoms with E-state index in [2.05, 4.69) is 21.0 Å². The molecule has 0 saturated heterocycles. The van der Waals surface area contributed by atoms with Crippen LogP contribution in [0.4, 0.5) is 0 Å². The maximum absolute atomic E-state index is 9.17. The Kier molecular flexibility index (Phi) is 3.81. The van der Waals surface area contributed by atoms with Crippen LogP contribution in [-0.4, -0.2) is 14.9 Å². The Bertz CT molecular complexity index is 497. The Morgan fingerprint density at radius 3 is 2.65 bits per heavy atom. The minimum Gasteiger partial charge on any atom is -0.487 e. The average molecular weight is 297 g/mol. The van der Waals surface area contributed by atoms with Gasteiger partial charge in [-0.15, -0.1) is 0 Å². The highest BCUT2D eigenvalue weighted by molar-refractivity contribution is 9.10. The summed E-state index contributed by atoms with van der Waals surface area (Å²) in [5.41, 5.74) is 1.53. The number of benzene rings is 1. The monoisotopic (exact) mass is 296 g/mol. The number of halogens is 1. The number of para-hydroxylation sites is 1. The van der Waals surface area contributed by atoms with Gasteiger partial charge >= 0.3 is 0 Å². The summed E-state index contributed by atoms with van der Waals surface area (Å²) >= 11 is 3.41. The van der Waals surface area contributed by atoms with E-state index in [1.165, 1.54) is 0 Å². The first kappa shape index (κ1) is 12.1. The molecule has 0 bridgehead atoms. The molecule has 0 fully saturated rings. The molecule has 90 valence electrons. The predicted octanol–water partition coefficient (Wildman–Crippen LogP) is 2.25. The van der Waals surface area contributed by atoms with Crippen molar-refractivity contribution in [2.75, 3.05) is 0 Å². The van der Waals surface area contributed by atoms with Crippen molar-refractivity contribution in [3.8, 4) is 5.75 Å². The lowest BCUT2D eigenvalue weighted by molar-refractivity contribution is 0.270. The molecule has 1 aromatic heterocycles. The molecule has 1 heterocycles. The van der Waals surface area contributed by atoms with E-state index in [1.54, 1.807) is 11.7 Å². The first-order valence-electron chi connectivity index (χ1n) is 5.21. The van der Waals surface area contributed by atoms with Gasteiger partial charge in [0, 0.05) is 7.05 Å². The number of hydrogen-bond acceptors (Lipinski definition) is 3. The Hall–Kier alpha value is -1.33. The van der Waals surface area contributed by atoms with Crippen molar-refractivity contribution >= 4 is 15.9 Å². The van der Waals surface area contributed by atoms with Crippen molar-refractivity contribution in [3.05, 3.63) is 46.2 Å². The number of rotatable bonds is 4. The van der Waals surface area contributed by atoms with Crippen LogP contribution in [0.1, 0.15) is 11.4 Å². The van der Waals surface area contributed by atoms with Crippen LogP contribution in [0.5, 0.6) is 5.75 Å². The molecule has 0 saturated carbocycles. The van der Waals surface area contributed by atoms with Crippen LogP contribution < -0.4 is 4.74 Å². The number of aliphatic hydroxyl groups excluding tert-OH is 1. The van der Waals surface area contributed by atoms with E-state index in [0.717, 1.165) is 21.6 Å². The molecule has 5 heteroatoms. The maximum Gasteiger partial charge on any atom is 0.133 e. The molecule has 1 N–H and O–H groups in total. The Morgan fingerprint density at radius 2 is 2.06 bits per heavy atom. The molecule has 0 aliphatic heterocycles. The van der Waals surface area contributed by atoms with E-state index in [4.69, 9.17) is 9.84 Å². The van der Waals surface area contributed by atoms with Crippen molar-refractivity contribution in [3.63, 3.8) is 0 Å². The molecule has 2 rings (SSSR count). The van der Waals surface area contributed by atoms with Crippen molar-refractivity contribution in [2.45, 2.75) is 13.2 Å². The number of aryl methyl sites for hydroxylation is 1. The minimum atomic E-state index is -0.0462. The molecule has 0 unspecified atom stereocenters. The Labute approximate surface area is 108 Å². The number of nitrogens with zero attached hydrogens (tertiary/aromatic N) is 2. The third-order valence-corrected chi connectivity index (χ3v) is 3.35. The van der Waals surface area contributed by atoms with Crippen molar-refractivity contribution in [1.29, 1.82) is 0 Å². The van der Waals surface area contributed by atoms with Crippen LogP contribution in [0.3, 0.4) is 0 Å². The third kappa shape index (κ3) is 2.68. The minimum absolute atomic E-state index is 0.0462. The van der Waals surface area contributed by atoms with Crippen LogP contribution in [0.2, 0.25) is 0 Å². The van der Waals surface area contributed by atoms with Gasteiger partial charge in [0.05, 0.1) is 16.8 Å². The number of ether oxygens (including phenoxy) is 1. The van der Waals surface area contributed by atoms with Gasteiger partial charge in [0.15, 0.2) is 0 Å². The molecule has 0 spiro atoms. The van der Waals surface area contributed by atoms with Gasteiger partial charge < -0.3 is 9.84 Å². The van der Waals surface area contributed by atoms with Gasteiger partial charge in [0.1, 0.15) is 18.1 Å². The summed E-state index contributed by atoms with van der Waals surface area (Å²) in [7, 11) is 1.79. The van der Waals surface area contributed by atoms with E-state index >= 15 is 0 Å². The van der Waals surface area contributed by atoms with Crippen LogP contribution in [0.25, 0.3) is 0 Å². The average Bonchev–Trinajstić information content (AvgIpc) is 2.63. The zero-order valence-corrected chi connectivity index (χ0v) is 11.0. The van der Waals surface area contributed by atoms with Crippen molar-refractivity contribution in [2.24, 2.45) is 7.05 Å². The smallest absolute Gasteiger partial charge is 0.133 e. The standard InChI is InChI=1S/C12H13BrN2O2/c1-15-11(7-16)12(13)10(14-15)8-17-9-5-3-2-4-6-9/h2-6,16H,7-8H2,1H3. The first-order chi connectivity index (χ1) is 8.22. The molecule has 0 atom stereocenters. The largest absolute Gasteiger partial charge is 0.487 e. The zero-order chi connectivity index (χ0) is 12.3. The van der Waals surface area contributed by atoms with Crippen LogP contribution in [-0.2, 0) is 20.3 Å². The summed E-state index contributed by atoms with van der Waals surface area (Å²) in [4.78, 5) is 0. The molecule has 0 radical (unpaired) electrons. The van der Waals surface area contributed by atoms with Crippen LogP contribution in [0, 0.1) is 0 Å². The van der Waals surface area contributed by atoms with Crippen LogP contribution >= 0.6 is 15.9 Å². The van der Waals surface area contributed by atoms with Gasteiger partial charge in [-0.05, 0) is 28.1 Å². The lowest BCUT2D eigenvalue weighted by Gasteiger charge is -2.03. The lowest BCUT2D eigenvalue weighted by atomic mass is 10.3. The van der Waals surface area contributed by atoms with Crippen molar-refractivity contribution < 1.29 is 9.84 Å². The molecule has 17 heavy (non-hydrogen) atoms. The summed E-state index contributed by atoms with van der Waals surface area (Å²) in [6.45, 7) is 0.327. The highest BCUT2D eigenvalue weighted by Crippen LogP contribution is 2.22. The highest BCUT2D eigenvalue weighted by Gasteiger charge is 2.13. The first-order valence-corrected chi connectivity index (χ1v) is 6.00. The molecule has 1 aromatic carbocycles. The van der Waals surface area contributed by atoms with Gasteiger partial charge in [-0.1, -0.05) is 18.2 Å². The SMILES string of the molecule is Cn1nc(COc2ccccc2)c(Br)c1CO. The molecule has 4 nitrogen and oxygen atoms in total. The second-order valence-electron chi connectivity index (χ2n) is 3.59. The second kappa shape index (κ2) is 5.33. The highest BCUT2D eigenvalue weighted by atomic mass is 79.9. The quantitative estimate of drug-likeness (QED) is 0.941. The Balaban J connectivity index is 2.10. The van der Waals surface area contributed by atoms with E-state index in [-0.39, 0.29) is 6.61 Å². The molecule has 2 aromatic rings. The van der Waals surface area contributed by atoms with E-state index in [9.17, 15) is 0 Å². The zero-order valence-electron chi connectivity index (χ0n) is 9.43. The molecule has 0 amide bonds. The number of aliphatic hydroxyl groups is 1. The summed E-state index contributed by atoms with van der Waals surface area (Å²) in [6.07, 6.45) is 0.